The summed E-state index contributed by atoms with van der Waals surface area (Å²) < 4.78 is 1.66. The monoisotopic (exact) mass is 346 g/mol. The van der Waals surface area contributed by atoms with Gasteiger partial charge in [-0.2, -0.15) is 5.10 Å². The number of aryl methyl sites for hydroxylation is 3. The van der Waals surface area contributed by atoms with Gasteiger partial charge in [-0.1, -0.05) is 6.42 Å². The molecule has 128 valence electrons. The second-order valence-corrected chi connectivity index (χ2v) is 7.18. The molecule has 0 spiro atoms. The summed E-state index contributed by atoms with van der Waals surface area (Å²) in [5.74, 6) is -0.721. The first-order valence-corrected chi connectivity index (χ1v) is 9.13. The van der Waals surface area contributed by atoms with E-state index < -0.39 is 5.91 Å². The van der Waals surface area contributed by atoms with Crippen molar-refractivity contribution in [2.24, 2.45) is 5.73 Å². The van der Waals surface area contributed by atoms with E-state index >= 15 is 0 Å². The van der Waals surface area contributed by atoms with Crippen molar-refractivity contribution in [3.8, 4) is 0 Å². The van der Waals surface area contributed by atoms with Gasteiger partial charge in [0.1, 0.15) is 10.7 Å². The van der Waals surface area contributed by atoms with Gasteiger partial charge >= 0.3 is 0 Å². The van der Waals surface area contributed by atoms with Gasteiger partial charge in [0, 0.05) is 11.4 Å². The summed E-state index contributed by atoms with van der Waals surface area (Å²) in [7, 11) is 0. The van der Waals surface area contributed by atoms with Gasteiger partial charge in [0.25, 0.3) is 11.8 Å². The summed E-state index contributed by atoms with van der Waals surface area (Å²) in [5, 5.41) is 7.76. The van der Waals surface area contributed by atoms with Crippen LogP contribution in [0.15, 0.2) is 6.07 Å². The van der Waals surface area contributed by atoms with Gasteiger partial charge in [-0.15, -0.1) is 11.3 Å². The van der Waals surface area contributed by atoms with Gasteiger partial charge in [0.2, 0.25) is 0 Å². The van der Waals surface area contributed by atoms with Gasteiger partial charge in [-0.3, -0.25) is 14.3 Å². The molecule has 3 rings (SSSR count). The second kappa shape index (κ2) is 6.76. The van der Waals surface area contributed by atoms with Crippen LogP contribution in [0.5, 0.6) is 0 Å². The largest absolute Gasteiger partial charge is 0.365 e. The minimum atomic E-state index is -0.468. The Kier molecular flexibility index (Phi) is 4.71. The topological polar surface area (TPSA) is 90.0 Å². The summed E-state index contributed by atoms with van der Waals surface area (Å²) >= 11 is 1.48. The maximum atomic E-state index is 12.6. The van der Waals surface area contributed by atoms with Crippen molar-refractivity contribution in [2.45, 2.75) is 52.5 Å². The normalized spacial score (nSPS) is 14.1. The molecule has 0 aromatic carbocycles. The molecular formula is C17H22N4O2S. The minimum Gasteiger partial charge on any atom is -0.365 e. The lowest BCUT2D eigenvalue weighted by Gasteiger charge is -2.07. The number of rotatable bonds is 4. The van der Waals surface area contributed by atoms with Gasteiger partial charge in [0.15, 0.2) is 0 Å². The number of hydrogen-bond donors (Lipinski definition) is 2. The van der Waals surface area contributed by atoms with Gasteiger partial charge < -0.3 is 11.1 Å². The van der Waals surface area contributed by atoms with E-state index in [1.807, 2.05) is 13.8 Å². The van der Waals surface area contributed by atoms with E-state index in [9.17, 15) is 9.59 Å². The molecule has 0 radical (unpaired) electrons. The number of carbonyl (C=O) groups excluding carboxylic acids is 2. The average molecular weight is 346 g/mol. The van der Waals surface area contributed by atoms with Crippen LogP contribution < -0.4 is 11.1 Å². The fourth-order valence-electron chi connectivity index (χ4n) is 3.23. The Morgan fingerprint density at radius 2 is 2.08 bits per heavy atom. The second-order valence-electron chi connectivity index (χ2n) is 6.07. The molecule has 7 heteroatoms. The third-order valence-corrected chi connectivity index (χ3v) is 5.54. The van der Waals surface area contributed by atoms with Crippen LogP contribution in [0, 0.1) is 6.92 Å². The highest BCUT2D eigenvalue weighted by molar-refractivity contribution is 7.17. The number of primary amides is 1. The van der Waals surface area contributed by atoms with Gasteiger partial charge in [-0.25, -0.2) is 0 Å². The van der Waals surface area contributed by atoms with Crippen molar-refractivity contribution in [3.63, 3.8) is 0 Å². The molecule has 0 saturated carbocycles. The molecular weight excluding hydrogens is 324 g/mol. The predicted molar refractivity (Wildman–Crippen MR) is 94.7 cm³/mol. The van der Waals surface area contributed by atoms with Crippen LogP contribution >= 0.6 is 11.3 Å². The summed E-state index contributed by atoms with van der Waals surface area (Å²) in [6.45, 7) is 4.40. The number of aromatic nitrogens is 2. The number of nitrogens with two attached hydrogens (primary N) is 1. The van der Waals surface area contributed by atoms with E-state index in [1.165, 1.54) is 16.2 Å². The molecule has 2 heterocycles. The Balaban J connectivity index is 1.95. The lowest BCUT2D eigenvalue weighted by molar-refractivity contribution is 0.100. The molecule has 6 nitrogen and oxygen atoms in total. The Morgan fingerprint density at radius 1 is 1.33 bits per heavy atom. The number of fused-ring (bicyclic) bond motifs is 1. The summed E-state index contributed by atoms with van der Waals surface area (Å²) in [5.41, 5.74) is 8.41. The highest BCUT2D eigenvalue weighted by atomic mass is 32.1. The Labute approximate surface area is 145 Å². The van der Waals surface area contributed by atoms with Crippen LogP contribution in [-0.4, -0.2) is 21.6 Å². The molecule has 1 aliphatic rings. The van der Waals surface area contributed by atoms with Crippen molar-refractivity contribution >= 4 is 28.2 Å². The van der Waals surface area contributed by atoms with Crippen LogP contribution in [0.1, 0.15) is 63.2 Å². The van der Waals surface area contributed by atoms with Crippen molar-refractivity contribution in [1.82, 2.24) is 9.78 Å². The highest BCUT2D eigenvalue weighted by Gasteiger charge is 2.25. The number of hydrogen-bond acceptors (Lipinski definition) is 4. The van der Waals surface area contributed by atoms with Crippen LogP contribution in [0.3, 0.4) is 0 Å². The summed E-state index contributed by atoms with van der Waals surface area (Å²) in [6, 6.07) is 1.75. The van der Waals surface area contributed by atoms with Crippen LogP contribution in [0.25, 0.3) is 0 Å². The first kappa shape index (κ1) is 16.7. The van der Waals surface area contributed by atoms with Gasteiger partial charge in [0.05, 0.1) is 11.3 Å². The Hall–Kier alpha value is -2.15. The number of nitrogens with zero attached hydrogens (tertiary/aromatic N) is 2. The number of nitrogens with one attached hydrogen (secondary N) is 1. The molecule has 0 aliphatic heterocycles. The fourth-order valence-corrected chi connectivity index (χ4v) is 4.52. The van der Waals surface area contributed by atoms with Crippen molar-refractivity contribution < 1.29 is 9.59 Å². The van der Waals surface area contributed by atoms with Crippen LogP contribution in [0.4, 0.5) is 5.00 Å². The Morgan fingerprint density at radius 3 is 2.79 bits per heavy atom. The molecule has 0 unspecified atom stereocenters. The average Bonchev–Trinajstić information content (AvgIpc) is 2.99. The molecule has 2 aromatic heterocycles. The minimum absolute atomic E-state index is 0.253. The molecule has 3 N–H and O–H groups in total. The zero-order chi connectivity index (χ0) is 17.3. The van der Waals surface area contributed by atoms with Crippen molar-refractivity contribution in [1.29, 1.82) is 0 Å². The lowest BCUT2D eigenvalue weighted by atomic mass is 10.1. The van der Waals surface area contributed by atoms with E-state index in [4.69, 9.17) is 5.73 Å². The number of anilines is 1. The van der Waals surface area contributed by atoms with Crippen LogP contribution in [-0.2, 0) is 19.4 Å². The molecule has 2 aromatic rings. The number of thiophene rings is 1. The number of amides is 2. The molecule has 0 atom stereocenters. The van der Waals surface area contributed by atoms with Crippen molar-refractivity contribution in [2.75, 3.05) is 5.32 Å². The molecule has 1 aliphatic carbocycles. The molecule has 24 heavy (non-hydrogen) atoms. The highest BCUT2D eigenvalue weighted by Crippen LogP contribution is 2.37. The maximum absolute atomic E-state index is 12.6. The fraction of sp³-hybridized carbons (Fsp3) is 0.471. The van der Waals surface area contributed by atoms with E-state index in [1.54, 1.807) is 10.7 Å². The smallest absolute Gasteiger partial charge is 0.274 e. The molecule has 0 bridgehead atoms. The molecule has 0 saturated heterocycles. The lowest BCUT2D eigenvalue weighted by Crippen LogP contribution is -2.20. The van der Waals surface area contributed by atoms with E-state index in [2.05, 4.69) is 10.4 Å². The third-order valence-electron chi connectivity index (χ3n) is 4.33. The van der Waals surface area contributed by atoms with E-state index in [0.717, 1.165) is 43.4 Å². The predicted octanol–water partition coefficient (Wildman–Crippen LogP) is 2.89. The van der Waals surface area contributed by atoms with Crippen molar-refractivity contribution in [3.05, 3.63) is 33.5 Å². The Bertz CT molecular complexity index is 791. The van der Waals surface area contributed by atoms with E-state index in [0.29, 0.717) is 22.8 Å². The SMILES string of the molecule is CCn1nc(C)cc1C(=O)Nc1sc2c(c1C(N)=O)CCCCC2. The standard InChI is InChI=1S/C17H22N4O2S/c1-3-21-12(9-10(2)20-21)16(23)19-17-14(15(18)22)11-7-5-4-6-8-13(11)24-17/h9H,3-8H2,1-2H3,(H2,18,22)(H,19,23). The quantitative estimate of drug-likeness (QED) is 0.834. The zero-order valence-electron chi connectivity index (χ0n) is 14.0. The molecule has 0 fully saturated rings. The van der Waals surface area contributed by atoms with Gasteiger partial charge in [-0.05, 0) is 51.2 Å². The first-order chi connectivity index (χ1) is 11.5. The first-order valence-electron chi connectivity index (χ1n) is 8.31. The molecule has 2 amide bonds. The summed E-state index contributed by atoms with van der Waals surface area (Å²) in [6.07, 6.45) is 5.13. The zero-order valence-corrected chi connectivity index (χ0v) is 14.8. The van der Waals surface area contributed by atoms with Crippen LogP contribution in [0.2, 0.25) is 0 Å². The summed E-state index contributed by atoms with van der Waals surface area (Å²) in [4.78, 5) is 25.8. The maximum Gasteiger partial charge on any atom is 0.274 e. The number of carbonyl (C=O) groups is 2. The van der Waals surface area contributed by atoms with E-state index in [-0.39, 0.29) is 5.91 Å². The third kappa shape index (κ3) is 3.08.